The highest BCUT2D eigenvalue weighted by atomic mass is 35.5. The molecule has 0 radical (unpaired) electrons. The van der Waals surface area contributed by atoms with E-state index in [4.69, 9.17) is 11.6 Å². The lowest BCUT2D eigenvalue weighted by Crippen LogP contribution is -2.11. The van der Waals surface area contributed by atoms with E-state index in [0.717, 1.165) is 12.1 Å². The molecule has 0 N–H and O–H groups in total. The molecule has 0 saturated heterocycles. The van der Waals surface area contributed by atoms with E-state index < -0.39 is 22.5 Å². The molecule has 1 aromatic rings. The maximum atomic E-state index is 12.5. The van der Waals surface area contributed by atoms with Gasteiger partial charge in [0.15, 0.2) is 0 Å². The number of hydrogen-bond donors (Lipinski definition) is 0. The zero-order valence-electron chi connectivity index (χ0n) is 7.68. The summed E-state index contributed by atoms with van der Waals surface area (Å²) in [5, 5.41) is -1.17. The van der Waals surface area contributed by atoms with Crippen molar-refractivity contribution in [2.24, 2.45) is 0 Å². The fourth-order valence-electron chi connectivity index (χ4n) is 1.16. The fraction of sp³-hybridized carbons (Fsp3) is 0.222. The van der Waals surface area contributed by atoms with E-state index in [9.17, 15) is 22.2 Å². The normalized spacial score (nSPS) is 11.2. The molecule has 0 saturated carbocycles. The number of benzene rings is 1. The van der Waals surface area contributed by atoms with E-state index in [1.807, 2.05) is 0 Å². The average Bonchev–Trinajstić information content (AvgIpc) is 2.16. The lowest BCUT2D eigenvalue weighted by molar-refractivity contribution is -0.137. The Balaban J connectivity index is 3.32. The van der Waals surface area contributed by atoms with E-state index in [2.05, 4.69) is 0 Å². The third-order valence-corrected chi connectivity index (χ3v) is 2.48. The molecule has 2 nitrogen and oxygen atoms in total. The molecule has 0 unspecified atom stereocenters. The van der Waals surface area contributed by atoms with Gasteiger partial charge in [0.2, 0.25) is 0 Å². The second-order valence-corrected chi connectivity index (χ2v) is 3.78. The minimum absolute atomic E-state index is 0.0974. The first-order valence-corrected chi connectivity index (χ1v) is 5.30. The van der Waals surface area contributed by atoms with Crippen LogP contribution in [-0.2, 0) is 27.8 Å². The molecule has 0 heterocycles. The first kappa shape index (κ1) is 13.1. The molecular formula is C9H5ClF3O2S+. The largest absolute Gasteiger partial charge is 0.463 e. The van der Waals surface area contributed by atoms with Crippen LogP contribution in [0.4, 0.5) is 13.2 Å². The van der Waals surface area contributed by atoms with Crippen molar-refractivity contribution >= 4 is 28.5 Å². The van der Waals surface area contributed by atoms with Crippen molar-refractivity contribution in [3.05, 3.63) is 34.9 Å². The molecule has 16 heavy (non-hydrogen) atoms. The summed E-state index contributed by atoms with van der Waals surface area (Å²) in [5.74, 6) is -0.0974. The first-order valence-electron chi connectivity index (χ1n) is 4.01. The predicted octanol–water partition coefficient (Wildman–Crippen LogP) is 3.01. The van der Waals surface area contributed by atoms with Gasteiger partial charge in [-0.05, 0) is 23.7 Å². The first-order chi connectivity index (χ1) is 7.36. The smallest absolute Gasteiger partial charge is 0.276 e. The van der Waals surface area contributed by atoms with Crippen LogP contribution in [0.25, 0.3) is 0 Å². The van der Waals surface area contributed by atoms with Crippen LogP contribution in [0.2, 0.25) is 0 Å². The van der Waals surface area contributed by atoms with Crippen molar-refractivity contribution < 1.29 is 22.2 Å². The highest BCUT2D eigenvalue weighted by Gasteiger charge is 2.35. The molecule has 0 aliphatic heterocycles. The summed E-state index contributed by atoms with van der Waals surface area (Å²) in [5.41, 5.74) is -1.51. The minimum atomic E-state index is -4.66. The summed E-state index contributed by atoms with van der Waals surface area (Å²) in [6.07, 6.45) is -4.66. The molecule has 0 aliphatic carbocycles. The maximum Gasteiger partial charge on any atom is 0.463 e. The third-order valence-electron chi connectivity index (χ3n) is 1.83. The summed E-state index contributed by atoms with van der Waals surface area (Å²) >= 11 is 5.19. The molecule has 7 heteroatoms. The molecule has 1 aromatic carbocycles. The van der Waals surface area contributed by atoms with Crippen LogP contribution in [0.15, 0.2) is 18.2 Å². The molecular weight excluding hydrogens is 265 g/mol. The highest BCUT2D eigenvalue weighted by Crippen LogP contribution is 2.33. The molecule has 0 amide bonds. The van der Waals surface area contributed by atoms with E-state index in [0.29, 0.717) is 0 Å². The van der Waals surface area contributed by atoms with Crippen LogP contribution >= 0.6 is 11.6 Å². The summed E-state index contributed by atoms with van der Waals surface area (Å²) < 4.78 is 47.8. The summed E-state index contributed by atoms with van der Waals surface area (Å²) in [4.78, 5) is 10.8. The van der Waals surface area contributed by atoms with Crippen molar-refractivity contribution in [1.29, 1.82) is 0 Å². The van der Waals surface area contributed by atoms with E-state index in [1.54, 1.807) is 0 Å². The number of alkyl halides is 3. The maximum absolute atomic E-state index is 12.5. The zero-order chi connectivity index (χ0) is 12.3. The Labute approximate surface area is 97.9 Å². The van der Waals surface area contributed by atoms with Crippen LogP contribution in [-0.4, -0.2) is 5.24 Å². The average molecular weight is 270 g/mol. The predicted molar refractivity (Wildman–Crippen MR) is 53.4 cm³/mol. The Hall–Kier alpha value is -1.01. The van der Waals surface area contributed by atoms with E-state index in [1.165, 1.54) is 6.07 Å². The van der Waals surface area contributed by atoms with E-state index in [-0.39, 0.29) is 23.0 Å². The lowest BCUT2D eigenvalue weighted by Gasteiger charge is -2.10. The fourth-order valence-corrected chi connectivity index (χ4v) is 1.64. The van der Waals surface area contributed by atoms with Crippen molar-refractivity contribution in [3.63, 3.8) is 0 Å². The van der Waals surface area contributed by atoms with Crippen LogP contribution in [0.5, 0.6) is 0 Å². The standard InChI is InChI=1S/C9H5ClF3O2S/c10-8(14)6-2-1-5(4-16-15)3-7(6)9(11,12)13/h1-3H,4H2/q+1. The van der Waals surface area contributed by atoms with Gasteiger partial charge in [-0.15, -0.1) is 0 Å². The van der Waals surface area contributed by atoms with Gasteiger partial charge in [-0.3, -0.25) is 4.79 Å². The Morgan fingerprint density at radius 3 is 2.44 bits per heavy atom. The van der Waals surface area contributed by atoms with Gasteiger partial charge in [-0.1, -0.05) is 6.07 Å². The number of rotatable bonds is 3. The zero-order valence-corrected chi connectivity index (χ0v) is 9.25. The quantitative estimate of drug-likeness (QED) is 0.624. The molecule has 86 valence electrons. The molecule has 0 atom stereocenters. The van der Waals surface area contributed by atoms with Gasteiger partial charge in [0.1, 0.15) is 0 Å². The van der Waals surface area contributed by atoms with Gasteiger partial charge in [0, 0.05) is 15.3 Å². The molecule has 0 aliphatic rings. The van der Waals surface area contributed by atoms with Gasteiger partial charge in [-0.25, -0.2) is 0 Å². The Kier molecular flexibility index (Phi) is 3.98. The summed E-state index contributed by atoms with van der Waals surface area (Å²) in [7, 11) is 0. The number of hydrogen-bond acceptors (Lipinski definition) is 2. The van der Waals surface area contributed by atoms with E-state index >= 15 is 0 Å². The van der Waals surface area contributed by atoms with Gasteiger partial charge in [0.05, 0.1) is 5.56 Å². The monoisotopic (exact) mass is 269 g/mol. The topological polar surface area (TPSA) is 34.1 Å². The second-order valence-electron chi connectivity index (χ2n) is 2.91. The minimum Gasteiger partial charge on any atom is -0.276 e. The number of carbonyl (C=O) groups is 1. The SMILES string of the molecule is O=[S+]Cc1ccc(C(=O)Cl)c(C(F)(F)F)c1. The second kappa shape index (κ2) is 4.88. The molecule has 1 rings (SSSR count). The number of halogens is 4. The Bertz CT molecular complexity index is 431. The van der Waals surface area contributed by atoms with Gasteiger partial charge in [0.25, 0.3) is 11.0 Å². The van der Waals surface area contributed by atoms with Crippen LogP contribution in [0.1, 0.15) is 21.5 Å². The van der Waals surface area contributed by atoms with Crippen LogP contribution in [0.3, 0.4) is 0 Å². The number of carbonyl (C=O) groups excluding carboxylic acids is 1. The molecule has 0 fully saturated rings. The summed E-state index contributed by atoms with van der Waals surface area (Å²) in [6.45, 7) is 0. The van der Waals surface area contributed by atoms with Gasteiger partial charge >= 0.3 is 17.8 Å². The third kappa shape index (κ3) is 2.99. The highest BCUT2D eigenvalue weighted by molar-refractivity contribution is 7.64. The Morgan fingerprint density at radius 2 is 2.00 bits per heavy atom. The van der Waals surface area contributed by atoms with Crippen LogP contribution in [0, 0.1) is 0 Å². The molecule has 0 spiro atoms. The van der Waals surface area contributed by atoms with Crippen molar-refractivity contribution in [2.45, 2.75) is 11.9 Å². The van der Waals surface area contributed by atoms with Crippen molar-refractivity contribution in [1.82, 2.24) is 0 Å². The summed E-state index contributed by atoms with van der Waals surface area (Å²) in [6, 6.07) is 3.01. The molecule has 0 aromatic heterocycles. The van der Waals surface area contributed by atoms with Crippen molar-refractivity contribution in [3.8, 4) is 0 Å². The van der Waals surface area contributed by atoms with Gasteiger partial charge < -0.3 is 0 Å². The van der Waals surface area contributed by atoms with Gasteiger partial charge in [-0.2, -0.15) is 13.2 Å². The van der Waals surface area contributed by atoms with Crippen LogP contribution < -0.4 is 0 Å². The lowest BCUT2D eigenvalue weighted by atomic mass is 10.1. The molecule has 0 bridgehead atoms. The van der Waals surface area contributed by atoms with Crippen molar-refractivity contribution in [2.75, 3.05) is 0 Å². The Morgan fingerprint density at radius 1 is 1.38 bits per heavy atom.